The number of nitrogens with zero attached hydrogens (tertiary/aromatic N) is 2. The van der Waals surface area contributed by atoms with E-state index in [2.05, 4.69) is 27.4 Å². The van der Waals surface area contributed by atoms with Crippen LogP contribution in [-0.2, 0) is 4.74 Å². The minimum atomic E-state index is 0. The summed E-state index contributed by atoms with van der Waals surface area (Å²) in [6.45, 7) is 9.42. The van der Waals surface area contributed by atoms with Gasteiger partial charge in [0.2, 0.25) is 0 Å². The van der Waals surface area contributed by atoms with Gasteiger partial charge in [0.25, 0.3) is 0 Å². The number of hydrogen-bond acceptors (Lipinski definition) is 3. The molecule has 0 atom stereocenters. The molecule has 0 spiro atoms. The molecule has 6 heteroatoms. The van der Waals surface area contributed by atoms with Gasteiger partial charge in [0.1, 0.15) is 0 Å². The van der Waals surface area contributed by atoms with Crippen molar-refractivity contribution in [2.24, 2.45) is 10.4 Å². The first-order valence-corrected chi connectivity index (χ1v) is 10.0. The van der Waals surface area contributed by atoms with E-state index in [1.807, 2.05) is 7.05 Å². The lowest BCUT2D eigenvalue weighted by Crippen LogP contribution is -2.46. The summed E-state index contributed by atoms with van der Waals surface area (Å²) < 4.78 is 5.61. The smallest absolute Gasteiger partial charge is 0.191 e. The fraction of sp³-hybridized carbons (Fsp3) is 0.947. The molecule has 0 unspecified atom stereocenters. The number of halogens is 1. The molecular weight excluding hydrogens is 427 g/mol. The third-order valence-electron chi connectivity index (χ3n) is 5.67. The average Bonchev–Trinajstić information content (AvgIpc) is 3.08. The van der Waals surface area contributed by atoms with Crippen LogP contribution in [0.25, 0.3) is 0 Å². The number of aliphatic imine (C=N–C) groups is 1. The van der Waals surface area contributed by atoms with Gasteiger partial charge >= 0.3 is 0 Å². The normalized spacial score (nSPS) is 21.0. The Bertz CT molecular complexity index is 366. The first kappa shape index (κ1) is 23.0. The zero-order valence-electron chi connectivity index (χ0n) is 16.3. The van der Waals surface area contributed by atoms with Gasteiger partial charge in [-0.2, -0.15) is 0 Å². The second-order valence-corrected chi connectivity index (χ2v) is 7.41. The summed E-state index contributed by atoms with van der Waals surface area (Å²) in [7, 11) is 1.87. The summed E-state index contributed by atoms with van der Waals surface area (Å²) in [5.74, 6) is 0.953. The Labute approximate surface area is 171 Å². The first-order valence-electron chi connectivity index (χ1n) is 10.0. The second-order valence-electron chi connectivity index (χ2n) is 7.41. The van der Waals surface area contributed by atoms with Gasteiger partial charge in [0.05, 0.1) is 0 Å². The summed E-state index contributed by atoms with van der Waals surface area (Å²) in [5.41, 5.74) is 0.402. The maximum absolute atomic E-state index is 5.61. The van der Waals surface area contributed by atoms with Crippen molar-refractivity contribution < 1.29 is 4.74 Å². The summed E-state index contributed by atoms with van der Waals surface area (Å²) >= 11 is 0. The van der Waals surface area contributed by atoms with Crippen LogP contribution >= 0.6 is 24.0 Å². The molecule has 0 bridgehead atoms. The van der Waals surface area contributed by atoms with Crippen LogP contribution in [0.3, 0.4) is 0 Å². The third-order valence-corrected chi connectivity index (χ3v) is 5.67. The van der Waals surface area contributed by atoms with E-state index in [0.29, 0.717) is 5.41 Å². The van der Waals surface area contributed by atoms with Gasteiger partial charge in [-0.15, -0.1) is 24.0 Å². The third kappa shape index (κ3) is 8.43. The van der Waals surface area contributed by atoms with Crippen molar-refractivity contribution in [1.29, 1.82) is 0 Å². The number of ether oxygens (including phenoxy) is 1. The van der Waals surface area contributed by atoms with Crippen LogP contribution in [0.2, 0.25) is 0 Å². The second kappa shape index (κ2) is 13.1. The number of hydrogen-bond donors (Lipinski definition) is 2. The maximum atomic E-state index is 5.61. The minimum absolute atomic E-state index is 0. The van der Waals surface area contributed by atoms with Gasteiger partial charge in [0, 0.05) is 39.9 Å². The molecule has 2 aliphatic rings. The van der Waals surface area contributed by atoms with E-state index in [-0.39, 0.29) is 24.0 Å². The van der Waals surface area contributed by atoms with Crippen LogP contribution in [0.1, 0.15) is 58.3 Å². The van der Waals surface area contributed by atoms with Crippen LogP contribution in [0.5, 0.6) is 0 Å². The van der Waals surface area contributed by atoms with Crippen molar-refractivity contribution in [2.75, 3.05) is 53.0 Å². The van der Waals surface area contributed by atoms with Crippen molar-refractivity contribution in [3.05, 3.63) is 0 Å². The van der Waals surface area contributed by atoms with E-state index in [4.69, 9.17) is 4.74 Å². The lowest BCUT2D eigenvalue weighted by atomic mass is 9.83. The van der Waals surface area contributed by atoms with E-state index in [0.717, 1.165) is 38.8 Å². The fourth-order valence-corrected chi connectivity index (χ4v) is 4.08. The van der Waals surface area contributed by atoms with E-state index < -0.39 is 0 Å². The molecule has 148 valence electrons. The Morgan fingerprint density at radius 2 is 1.80 bits per heavy atom. The number of piperidine rings is 1. The molecule has 5 nitrogen and oxygen atoms in total. The van der Waals surface area contributed by atoms with Crippen molar-refractivity contribution in [3.8, 4) is 0 Å². The topological polar surface area (TPSA) is 48.9 Å². The zero-order valence-corrected chi connectivity index (χ0v) is 18.6. The Morgan fingerprint density at radius 1 is 1.08 bits per heavy atom. The molecule has 0 aromatic heterocycles. The monoisotopic (exact) mass is 466 g/mol. The molecule has 25 heavy (non-hydrogen) atoms. The quantitative estimate of drug-likeness (QED) is 0.237. The van der Waals surface area contributed by atoms with Gasteiger partial charge in [-0.1, -0.05) is 19.3 Å². The predicted molar refractivity (Wildman–Crippen MR) is 117 cm³/mol. The van der Waals surface area contributed by atoms with Crippen LogP contribution in [0.4, 0.5) is 0 Å². The van der Waals surface area contributed by atoms with E-state index in [1.165, 1.54) is 64.5 Å². The average molecular weight is 466 g/mol. The Hall–Kier alpha value is -0.0800. The molecule has 2 N–H and O–H groups in total. The number of rotatable bonds is 9. The molecular formula is C19H39IN4O. The molecule has 0 radical (unpaired) electrons. The number of nitrogens with one attached hydrogen (secondary N) is 2. The van der Waals surface area contributed by atoms with Crippen molar-refractivity contribution in [2.45, 2.75) is 58.3 Å². The molecule has 1 aliphatic carbocycles. The number of likely N-dealkylation sites (tertiary alicyclic amines) is 1. The summed E-state index contributed by atoms with van der Waals surface area (Å²) in [6, 6.07) is 0. The lowest BCUT2D eigenvalue weighted by molar-refractivity contribution is 0.105. The summed E-state index contributed by atoms with van der Waals surface area (Å²) in [6.07, 6.45) is 10.6. The van der Waals surface area contributed by atoms with E-state index in [9.17, 15) is 0 Å². The Balaban J connectivity index is 0.00000312. The minimum Gasteiger partial charge on any atom is -0.382 e. The molecule has 0 aromatic carbocycles. The summed E-state index contributed by atoms with van der Waals surface area (Å²) in [4.78, 5) is 6.96. The van der Waals surface area contributed by atoms with Crippen molar-refractivity contribution in [1.82, 2.24) is 15.5 Å². The maximum Gasteiger partial charge on any atom is 0.191 e. The molecule has 1 heterocycles. The zero-order chi connectivity index (χ0) is 17.1. The highest BCUT2D eigenvalue weighted by Crippen LogP contribution is 2.40. The van der Waals surface area contributed by atoms with Crippen molar-refractivity contribution in [3.63, 3.8) is 0 Å². The van der Waals surface area contributed by atoms with Gasteiger partial charge < -0.3 is 20.3 Å². The molecule has 0 amide bonds. The predicted octanol–water partition coefficient (Wildman–Crippen LogP) is 3.24. The summed E-state index contributed by atoms with van der Waals surface area (Å²) in [5, 5.41) is 7.07. The molecule has 0 aromatic rings. The Morgan fingerprint density at radius 3 is 2.44 bits per heavy atom. The van der Waals surface area contributed by atoms with Gasteiger partial charge in [-0.25, -0.2) is 0 Å². The Kier molecular flexibility index (Phi) is 12.1. The highest BCUT2D eigenvalue weighted by atomic mass is 127. The molecule has 1 aliphatic heterocycles. The largest absolute Gasteiger partial charge is 0.382 e. The number of guanidine groups is 1. The lowest BCUT2D eigenvalue weighted by Gasteiger charge is -2.30. The van der Waals surface area contributed by atoms with Crippen LogP contribution < -0.4 is 10.6 Å². The highest BCUT2D eigenvalue weighted by molar-refractivity contribution is 14.0. The standard InChI is InChI=1S/C19H38N4O.HI/c1-3-24-16-11-19(9-5-6-10-19)17-22-18(20-2)21-12-15-23-13-7-4-8-14-23;/h3-17H2,1-2H3,(H2,20,21,22);1H. The van der Waals surface area contributed by atoms with E-state index in [1.54, 1.807) is 0 Å². The van der Waals surface area contributed by atoms with Gasteiger partial charge in [0.15, 0.2) is 5.96 Å². The van der Waals surface area contributed by atoms with Crippen LogP contribution in [0, 0.1) is 5.41 Å². The van der Waals surface area contributed by atoms with Gasteiger partial charge in [-0.3, -0.25) is 4.99 Å². The molecule has 1 saturated heterocycles. The van der Waals surface area contributed by atoms with E-state index >= 15 is 0 Å². The molecule has 2 fully saturated rings. The fourth-order valence-electron chi connectivity index (χ4n) is 4.08. The first-order chi connectivity index (χ1) is 11.8. The SMILES string of the molecule is CCOCCC1(CNC(=NC)NCCN2CCCCC2)CCCC1.I. The van der Waals surface area contributed by atoms with Crippen molar-refractivity contribution >= 4 is 29.9 Å². The highest BCUT2D eigenvalue weighted by Gasteiger charge is 2.33. The van der Waals surface area contributed by atoms with Crippen LogP contribution in [0.15, 0.2) is 4.99 Å². The van der Waals surface area contributed by atoms with Gasteiger partial charge in [-0.05, 0) is 57.5 Å². The molecule has 1 saturated carbocycles. The molecule has 2 rings (SSSR count). The van der Waals surface area contributed by atoms with Crippen LogP contribution in [-0.4, -0.2) is 63.8 Å².